The summed E-state index contributed by atoms with van der Waals surface area (Å²) in [6, 6.07) is 0. The Morgan fingerprint density at radius 2 is 2.00 bits per heavy atom. The van der Waals surface area contributed by atoms with Crippen molar-refractivity contribution in [3.8, 4) is 0 Å². The Kier molecular flexibility index (Phi) is 5.77. The maximum absolute atomic E-state index is 11.2. The van der Waals surface area contributed by atoms with Gasteiger partial charge in [-0.1, -0.05) is 13.8 Å². The molecule has 0 bridgehead atoms. The predicted octanol–water partition coefficient (Wildman–Crippen LogP) is 2.21. The fraction of sp³-hybridized carbons (Fsp3) is 0.909. The molecule has 0 saturated carbocycles. The van der Waals surface area contributed by atoms with Crippen molar-refractivity contribution >= 4 is 5.97 Å². The second-order valence-electron chi connectivity index (χ2n) is 4.93. The summed E-state index contributed by atoms with van der Waals surface area (Å²) < 4.78 is 5.17. The van der Waals surface area contributed by atoms with Gasteiger partial charge in [-0.05, 0) is 33.2 Å². The summed E-state index contributed by atoms with van der Waals surface area (Å²) in [4.78, 5) is 11.2. The minimum absolute atomic E-state index is 0. The number of hydrogen-bond acceptors (Lipinski definition) is 3. The third-order valence-electron chi connectivity index (χ3n) is 1.48. The molecule has 0 radical (unpaired) electrons. The van der Waals surface area contributed by atoms with E-state index in [-0.39, 0.29) is 13.0 Å². The lowest BCUT2D eigenvalue weighted by Crippen LogP contribution is -2.28. The van der Waals surface area contributed by atoms with Crippen LogP contribution >= 0.6 is 0 Å². The third kappa shape index (κ3) is 9.52. The van der Waals surface area contributed by atoms with Gasteiger partial charge in [0.15, 0.2) is 0 Å². The van der Waals surface area contributed by atoms with Crippen LogP contribution in [0, 0.1) is 5.92 Å². The Morgan fingerprint density at radius 3 is 2.43 bits per heavy atom. The standard InChI is InChI=1S/C11H23NO2.H2/c1-9(2)8-12-7-6-10(13)14-11(3,4)5;/h9,12H,6-8H2,1-5H3;1H. The van der Waals surface area contributed by atoms with E-state index in [9.17, 15) is 4.79 Å². The van der Waals surface area contributed by atoms with Crippen LogP contribution in [0.3, 0.4) is 0 Å². The summed E-state index contributed by atoms with van der Waals surface area (Å²) in [6.07, 6.45) is 0.448. The van der Waals surface area contributed by atoms with Gasteiger partial charge in [0.25, 0.3) is 0 Å². The maximum Gasteiger partial charge on any atom is 0.307 e. The van der Waals surface area contributed by atoms with E-state index in [1.54, 1.807) is 0 Å². The highest BCUT2D eigenvalue weighted by Gasteiger charge is 2.15. The molecule has 0 aromatic carbocycles. The van der Waals surface area contributed by atoms with Gasteiger partial charge in [0, 0.05) is 7.97 Å². The predicted molar refractivity (Wildman–Crippen MR) is 60.3 cm³/mol. The van der Waals surface area contributed by atoms with E-state index in [2.05, 4.69) is 19.2 Å². The molecular formula is C11H25NO2. The largest absolute Gasteiger partial charge is 0.460 e. The van der Waals surface area contributed by atoms with Crippen molar-refractivity contribution < 1.29 is 11.0 Å². The number of nitrogens with one attached hydrogen (secondary N) is 1. The molecule has 0 spiro atoms. The number of carbonyl (C=O) groups is 1. The molecule has 3 nitrogen and oxygen atoms in total. The summed E-state index contributed by atoms with van der Waals surface area (Å²) in [5.41, 5.74) is -0.366. The Hall–Kier alpha value is -0.570. The summed E-state index contributed by atoms with van der Waals surface area (Å²) in [7, 11) is 0. The molecule has 0 fully saturated rings. The van der Waals surface area contributed by atoms with Gasteiger partial charge in [0.2, 0.25) is 0 Å². The molecule has 3 heteroatoms. The minimum atomic E-state index is -0.366. The molecule has 86 valence electrons. The van der Waals surface area contributed by atoms with Gasteiger partial charge in [-0.25, -0.2) is 0 Å². The lowest BCUT2D eigenvalue weighted by atomic mass is 10.2. The Balaban J connectivity index is 0. The lowest BCUT2D eigenvalue weighted by Gasteiger charge is -2.19. The molecule has 0 aliphatic rings. The molecule has 0 aromatic heterocycles. The molecule has 0 aliphatic carbocycles. The normalized spacial score (nSPS) is 11.9. The summed E-state index contributed by atoms with van der Waals surface area (Å²) in [5, 5.41) is 3.20. The van der Waals surface area contributed by atoms with E-state index in [1.165, 1.54) is 0 Å². The topological polar surface area (TPSA) is 38.3 Å². The number of carbonyl (C=O) groups excluding carboxylic acids is 1. The number of ether oxygens (including phenoxy) is 1. The van der Waals surface area contributed by atoms with Crippen molar-refractivity contribution in [1.82, 2.24) is 5.32 Å². The van der Waals surface area contributed by atoms with E-state index in [4.69, 9.17) is 4.74 Å². The molecule has 0 saturated heterocycles. The number of rotatable bonds is 5. The zero-order valence-corrected chi connectivity index (χ0v) is 10.0. The van der Waals surface area contributed by atoms with E-state index in [1.807, 2.05) is 20.8 Å². The molecule has 14 heavy (non-hydrogen) atoms. The Morgan fingerprint density at radius 1 is 1.43 bits per heavy atom. The van der Waals surface area contributed by atoms with Crippen LogP contribution in [-0.4, -0.2) is 24.7 Å². The van der Waals surface area contributed by atoms with Gasteiger partial charge in [0.1, 0.15) is 5.60 Å². The van der Waals surface area contributed by atoms with Crippen molar-refractivity contribution in [1.29, 1.82) is 0 Å². The first-order chi connectivity index (χ1) is 6.31. The van der Waals surface area contributed by atoms with Crippen molar-refractivity contribution in [2.75, 3.05) is 13.1 Å². The monoisotopic (exact) mass is 203 g/mol. The zero-order chi connectivity index (χ0) is 11.2. The first-order valence-electron chi connectivity index (χ1n) is 5.24. The van der Waals surface area contributed by atoms with Crippen LogP contribution in [-0.2, 0) is 9.53 Å². The molecule has 0 aromatic rings. The Bertz CT molecular complexity index is 176. The van der Waals surface area contributed by atoms with Crippen molar-refractivity contribution in [2.24, 2.45) is 5.92 Å². The smallest absolute Gasteiger partial charge is 0.307 e. The SMILES string of the molecule is CC(C)CNCCC(=O)OC(C)(C)C.[HH]. The first-order valence-corrected chi connectivity index (χ1v) is 5.24. The molecule has 0 rings (SSSR count). The van der Waals surface area contributed by atoms with Crippen LogP contribution in [0.5, 0.6) is 0 Å². The molecule has 0 atom stereocenters. The molecule has 0 amide bonds. The zero-order valence-electron chi connectivity index (χ0n) is 10.0. The fourth-order valence-electron chi connectivity index (χ4n) is 0.974. The molecule has 0 heterocycles. The van der Waals surface area contributed by atoms with Gasteiger partial charge in [-0.2, -0.15) is 0 Å². The van der Waals surface area contributed by atoms with E-state index < -0.39 is 0 Å². The summed E-state index contributed by atoms with van der Waals surface area (Å²) >= 11 is 0. The first kappa shape index (κ1) is 13.4. The number of esters is 1. The van der Waals surface area contributed by atoms with Crippen LogP contribution in [0.25, 0.3) is 0 Å². The van der Waals surface area contributed by atoms with E-state index in [0.717, 1.165) is 6.54 Å². The highest BCUT2D eigenvalue weighted by Crippen LogP contribution is 2.07. The highest BCUT2D eigenvalue weighted by atomic mass is 16.6. The minimum Gasteiger partial charge on any atom is -0.460 e. The van der Waals surface area contributed by atoms with Gasteiger partial charge in [-0.3, -0.25) is 4.79 Å². The van der Waals surface area contributed by atoms with E-state index in [0.29, 0.717) is 18.9 Å². The van der Waals surface area contributed by atoms with Crippen molar-refractivity contribution in [3.63, 3.8) is 0 Å². The van der Waals surface area contributed by atoms with E-state index >= 15 is 0 Å². The van der Waals surface area contributed by atoms with Gasteiger partial charge < -0.3 is 10.1 Å². The van der Waals surface area contributed by atoms with Gasteiger partial charge in [-0.15, -0.1) is 0 Å². The summed E-state index contributed by atoms with van der Waals surface area (Å²) in [6.45, 7) is 11.6. The molecule has 0 unspecified atom stereocenters. The highest BCUT2D eigenvalue weighted by molar-refractivity contribution is 5.70. The second-order valence-corrected chi connectivity index (χ2v) is 4.93. The van der Waals surface area contributed by atoms with Crippen LogP contribution in [0.2, 0.25) is 0 Å². The van der Waals surface area contributed by atoms with Crippen molar-refractivity contribution in [2.45, 2.75) is 46.6 Å². The lowest BCUT2D eigenvalue weighted by molar-refractivity contribution is -0.154. The molecule has 1 N–H and O–H groups in total. The quantitative estimate of drug-likeness (QED) is 0.550. The van der Waals surface area contributed by atoms with Gasteiger partial charge in [0.05, 0.1) is 6.42 Å². The summed E-state index contributed by atoms with van der Waals surface area (Å²) in [5.74, 6) is 0.488. The molecular weight excluding hydrogens is 178 g/mol. The average molecular weight is 203 g/mol. The third-order valence-corrected chi connectivity index (χ3v) is 1.48. The maximum atomic E-state index is 11.2. The fourth-order valence-corrected chi connectivity index (χ4v) is 0.974. The second kappa shape index (κ2) is 6.02. The van der Waals surface area contributed by atoms with Crippen LogP contribution in [0.4, 0.5) is 0 Å². The average Bonchev–Trinajstić information content (AvgIpc) is 1.94. The van der Waals surface area contributed by atoms with Crippen molar-refractivity contribution in [3.05, 3.63) is 0 Å². The molecule has 0 aliphatic heterocycles. The van der Waals surface area contributed by atoms with Crippen LogP contribution in [0.15, 0.2) is 0 Å². The Labute approximate surface area is 88.7 Å². The van der Waals surface area contributed by atoms with Gasteiger partial charge >= 0.3 is 5.97 Å². The van der Waals surface area contributed by atoms with Crippen LogP contribution < -0.4 is 5.32 Å². The number of hydrogen-bond donors (Lipinski definition) is 1. The van der Waals surface area contributed by atoms with Crippen LogP contribution in [0.1, 0.15) is 42.5 Å².